The van der Waals surface area contributed by atoms with Crippen molar-refractivity contribution in [2.24, 2.45) is 5.92 Å². The number of aliphatic carboxylic acids is 1. The van der Waals surface area contributed by atoms with Crippen LogP contribution in [-0.2, 0) is 11.3 Å². The van der Waals surface area contributed by atoms with Crippen molar-refractivity contribution in [2.75, 3.05) is 18.4 Å². The minimum Gasteiger partial charge on any atom is -0.481 e. The average Bonchev–Trinajstić information content (AvgIpc) is 3.13. The quantitative estimate of drug-likeness (QED) is 0.596. The molecular formula is C22H26Cl2N2O2. The molecule has 0 spiro atoms. The van der Waals surface area contributed by atoms with Gasteiger partial charge in [-0.25, -0.2) is 0 Å². The lowest BCUT2D eigenvalue weighted by molar-refractivity contribution is -0.141. The normalized spacial score (nSPS) is 18.2. The summed E-state index contributed by atoms with van der Waals surface area (Å²) in [5, 5.41) is 14.3. The monoisotopic (exact) mass is 420 g/mol. The number of halogens is 2. The number of likely N-dealkylation sites (tertiary alicyclic amines) is 1. The molecule has 28 heavy (non-hydrogen) atoms. The van der Waals surface area contributed by atoms with E-state index in [0.29, 0.717) is 24.5 Å². The number of rotatable bonds is 7. The molecule has 1 heterocycles. The Hall–Kier alpha value is -1.75. The Kier molecular flexibility index (Phi) is 6.86. The summed E-state index contributed by atoms with van der Waals surface area (Å²) in [6.07, 6.45) is 1.63. The molecule has 0 bridgehead atoms. The van der Waals surface area contributed by atoms with E-state index in [1.807, 2.05) is 25.1 Å². The number of nitrogens with one attached hydrogen (secondary N) is 1. The van der Waals surface area contributed by atoms with Crippen LogP contribution in [0, 0.1) is 12.8 Å². The van der Waals surface area contributed by atoms with Crippen LogP contribution in [0.3, 0.4) is 0 Å². The van der Waals surface area contributed by atoms with Crippen molar-refractivity contribution < 1.29 is 9.90 Å². The van der Waals surface area contributed by atoms with Crippen molar-refractivity contribution in [1.29, 1.82) is 0 Å². The summed E-state index contributed by atoms with van der Waals surface area (Å²) in [7, 11) is 0. The molecule has 1 unspecified atom stereocenters. The summed E-state index contributed by atoms with van der Waals surface area (Å²) >= 11 is 12.6. The number of anilines is 1. The van der Waals surface area contributed by atoms with Crippen LogP contribution < -0.4 is 5.32 Å². The zero-order valence-electron chi connectivity index (χ0n) is 16.2. The summed E-state index contributed by atoms with van der Waals surface area (Å²) in [5.41, 5.74) is 4.29. The van der Waals surface area contributed by atoms with E-state index in [4.69, 9.17) is 23.2 Å². The molecule has 2 N–H and O–H groups in total. The molecule has 4 nitrogen and oxygen atoms in total. The van der Waals surface area contributed by atoms with Gasteiger partial charge in [-0.05, 0) is 67.3 Å². The van der Waals surface area contributed by atoms with Crippen LogP contribution in [0.4, 0.5) is 5.69 Å². The van der Waals surface area contributed by atoms with Crippen molar-refractivity contribution in [2.45, 2.75) is 39.3 Å². The Labute approximate surface area is 176 Å². The molecule has 2 aromatic carbocycles. The first kappa shape index (κ1) is 21.0. The second-order valence-electron chi connectivity index (χ2n) is 7.48. The zero-order chi connectivity index (χ0) is 20.3. The maximum absolute atomic E-state index is 11.2. The molecule has 0 aromatic heterocycles. The van der Waals surface area contributed by atoms with Gasteiger partial charge in [0, 0.05) is 28.8 Å². The first-order chi connectivity index (χ1) is 13.4. The minimum absolute atomic E-state index is 0.174. The molecule has 150 valence electrons. The second-order valence-corrected chi connectivity index (χ2v) is 8.29. The highest BCUT2D eigenvalue weighted by Crippen LogP contribution is 2.29. The number of nitrogens with zero attached hydrogens (tertiary/aromatic N) is 1. The maximum Gasteiger partial charge on any atom is 0.307 e. The second kappa shape index (κ2) is 9.17. The molecular weight excluding hydrogens is 395 g/mol. The van der Waals surface area contributed by atoms with Crippen molar-refractivity contribution in [3.05, 3.63) is 63.1 Å². The number of carboxylic acid groups (broad SMARTS) is 1. The summed E-state index contributed by atoms with van der Waals surface area (Å²) in [6.45, 7) is 6.18. The van der Waals surface area contributed by atoms with E-state index < -0.39 is 5.97 Å². The Morgan fingerprint density at radius 3 is 2.64 bits per heavy atom. The predicted octanol–water partition coefficient (Wildman–Crippen LogP) is 5.77. The van der Waals surface area contributed by atoms with Gasteiger partial charge in [-0.2, -0.15) is 0 Å². The van der Waals surface area contributed by atoms with Crippen LogP contribution in [0.5, 0.6) is 0 Å². The lowest BCUT2D eigenvalue weighted by Crippen LogP contribution is -2.23. The van der Waals surface area contributed by atoms with Gasteiger partial charge in [0.1, 0.15) is 0 Å². The third-order valence-electron chi connectivity index (χ3n) is 5.39. The fourth-order valence-electron chi connectivity index (χ4n) is 3.71. The molecule has 6 heteroatoms. The number of carbonyl (C=O) groups is 1. The SMILES string of the molecule is CC[C@@H](Nc1ccc(Cl)c(CN2CCC(C(=O)O)C2)c1)c1ccc(Cl)c(C)c1. The van der Waals surface area contributed by atoms with Gasteiger partial charge in [0.2, 0.25) is 0 Å². The molecule has 1 fully saturated rings. The number of hydrogen-bond acceptors (Lipinski definition) is 3. The molecule has 2 atom stereocenters. The largest absolute Gasteiger partial charge is 0.481 e. The molecule has 0 aliphatic carbocycles. The molecule has 0 radical (unpaired) electrons. The first-order valence-corrected chi connectivity index (χ1v) is 10.4. The Bertz CT molecular complexity index is 856. The van der Waals surface area contributed by atoms with Gasteiger partial charge >= 0.3 is 5.97 Å². The summed E-state index contributed by atoms with van der Waals surface area (Å²) in [4.78, 5) is 13.3. The minimum atomic E-state index is -0.715. The van der Waals surface area contributed by atoms with Crippen molar-refractivity contribution in [3.8, 4) is 0 Å². The van der Waals surface area contributed by atoms with E-state index in [0.717, 1.165) is 34.8 Å². The predicted molar refractivity (Wildman–Crippen MR) is 115 cm³/mol. The van der Waals surface area contributed by atoms with E-state index >= 15 is 0 Å². The highest BCUT2D eigenvalue weighted by Gasteiger charge is 2.28. The lowest BCUT2D eigenvalue weighted by Gasteiger charge is -2.21. The number of benzene rings is 2. The molecule has 1 aliphatic heterocycles. The maximum atomic E-state index is 11.2. The van der Waals surface area contributed by atoms with Crippen molar-refractivity contribution >= 4 is 34.9 Å². The van der Waals surface area contributed by atoms with Gasteiger partial charge in [-0.15, -0.1) is 0 Å². The van der Waals surface area contributed by atoms with Crippen LogP contribution in [0.2, 0.25) is 10.0 Å². The van der Waals surface area contributed by atoms with Crippen molar-refractivity contribution in [1.82, 2.24) is 4.90 Å². The standard InChI is InChI=1S/C22H26Cl2N2O2/c1-3-21(15-4-6-19(23)14(2)10-15)25-18-5-7-20(24)17(11-18)13-26-9-8-16(12-26)22(27)28/h4-7,10-11,16,21,25H,3,8-9,12-13H2,1-2H3,(H,27,28)/t16?,21-/m1/s1. The van der Waals surface area contributed by atoms with Gasteiger partial charge < -0.3 is 10.4 Å². The highest BCUT2D eigenvalue weighted by molar-refractivity contribution is 6.31. The third kappa shape index (κ3) is 4.99. The van der Waals surface area contributed by atoms with Crippen LogP contribution in [0.1, 0.15) is 42.5 Å². The lowest BCUT2D eigenvalue weighted by atomic mass is 10.0. The fraction of sp³-hybridized carbons (Fsp3) is 0.409. The smallest absolute Gasteiger partial charge is 0.307 e. The van der Waals surface area contributed by atoms with Crippen LogP contribution in [0.15, 0.2) is 36.4 Å². The van der Waals surface area contributed by atoms with Crippen LogP contribution in [0.25, 0.3) is 0 Å². The van der Waals surface area contributed by atoms with E-state index in [-0.39, 0.29) is 12.0 Å². The first-order valence-electron chi connectivity index (χ1n) is 9.63. The van der Waals surface area contributed by atoms with Gasteiger partial charge in [-0.1, -0.05) is 42.3 Å². The Balaban J connectivity index is 1.73. The molecule has 0 saturated carbocycles. The van der Waals surface area contributed by atoms with Gasteiger partial charge in [0.25, 0.3) is 0 Å². The molecule has 1 aliphatic rings. The molecule has 0 amide bonds. The van der Waals surface area contributed by atoms with E-state index in [9.17, 15) is 9.90 Å². The summed E-state index contributed by atoms with van der Waals surface area (Å²) < 4.78 is 0. The van der Waals surface area contributed by atoms with Gasteiger partial charge in [0.15, 0.2) is 0 Å². The van der Waals surface area contributed by atoms with Gasteiger partial charge in [-0.3, -0.25) is 9.69 Å². The van der Waals surface area contributed by atoms with Gasteiger partial charge in [0.05, 0.1) is 12.0 Å². The summed E-state index contributed by atoms with van der Waals surface area (Å²) in [6, 6.07) is 12.3. The zero-order valence-corrected chi connectivity index (χ0v) is 17.7. The van der Waals surface area contributed by atoms with Crippen LogP contribution in [-0.4, -0.2) is 29.1 Å². The number of carboxylic acids is 1. The van der Waals surface area contributed by atoms with E-state index in [1.165, 1.54) is 5.56 Å². The van der Waals surface area contributed by atoms with E-state index in [2.05, 4.69) is 35.3 Å². The number of hydrogen-bond donors (Lipinski definition) is 2. The number of aryl methyl sites for hydroxylation is 1. The topological polar surface area (TPSA) is 52.6 Å². The Morgan fingerprint density at radius 1 is 1.25 bits per heavy atom. The highest BCUT2D eigenvalue weighted by atomic mass is 35.5. The average molecular weight is 421 g/mol. The summed E-state index contributed by atoms with van der Waals surface area (Å²) in [5.74, 6) is -0.995. The molecule has 1 saturated heterocycles. The molecule has 2 aromatic rings. The molecule has 3 rings (SSSR count). The van der Waals surface area contributed by atoms with E-state index in [1.54, 1.807) is 0 Å². The third-order valence-corrected chi connectivity index (χ3v) is 6.19. The van der Waals surface area contributed by atoms with Crippen molar-refractivity contribution in [3.63, 3.8) is 0 Å². The fourth-order valence-corrected chi connectivity index (χ4v) is 4.01. The Morgan fingerprint density at radius 2 is 2.00 bits per heavy atom. The van der Waals surface area contributed by atoms with Crippen LogP contribution >= 0.6 is 23.2 Å².